The van der Waals surface area contributed by atoms with E-state index in [4.69, 9.17) is 4.74 Å². The summed E-state index contributed by atoms with van der Waals surface area (Å²) >= 11 is 0. The van der Waals surface area contributed by atoms with Gasteiger partial charge in [0.1, 0.15) is 22.8 Å². The molecule has 0 amide bonds. The second kappa shape index (κ2) is 9.36. The Morgan fingerprint density at radius 1 is 0.833 bits per heavy atom. The van der Waals surface area contributed by atoms with E-state index in [0.717, 1.165) is 24.4 Å². The van der Waals surface area contributed by atoms with E-state index >= 15 is 0 Å². The number of nitrogens with one attached hydrogen (secondary N) is 1. The maximum atomic E-state index is 13.2. The molecule has 0 aliphatic heterocycles. The first kappa shape index (κ1) is 24.8. The van der Waals surface area contributed by atoms with Gasteiger partial charge in [0.25, 0.3) is 0 Å². The number of rotatable bonds is 5. The smallest absolute Gasteiger partial charge is 0.433 e. The number of hydrogen-bond donors (Lipinski definition) is 1. The lowest BCUT2D eigenvalue weighted by atomic mass is 10.1. The molecule has 4 heterocycles. The summed E-state index contributed by atoms with van der Waals surface area (Å²) in [6.45, 7) is 1.69. The minimum atomic E-state index is -4.72. The van der Waals surface area contributed by atoms with E-state index in [1.807, 2.05) is 0 Å². The summed E-state index contributed by atoms with van der Waals surface area (Å²) in [5, 5.41) is 2.63. The molecule has 186 valence electrons. The summed E-state index contributed by atoms with van der Waals surface area (Å²) in [5.74, 6) is -0.113. The van der Waals surface area contributed by atoms with Crippen LogP contribution in [-0.2, 0) is 12.4 Å². The number of alkyl halides is 6. The van der Waals surface area contributed by atoms with Gasteiger partial charge < -0.3 is 10.1 Å². The van der Waals surface area contributed by atoms with Crippen molar-refractivity contribution in [2.75, 3.05) is 12.4 Å². The van der Waals surface area contributed by atoms with Crippen molar-refractivity contribution >= 4 is 11.6 Å². The number of ether oxygens (including phenoxy) is 1. The van der Waals surface area contributed by atoms with Gasteiger partial charge in [-0.2, -0.15) is 36.3 Å². The zero-order valence-corrected chi connectivity index (χ0v) is 18.5. The molecule has 36 heavy (non-hydrogen) atoms. The zero-order valence-electron chi connectivity index (χ0n) is 18.5. The number of hydrogen-bond acceptors (Lipinski definition) is 8. The molecule has 0 saturated carbocycles. The van der Waals surface area contributed by atoms with E-state index in [-0.39, 0.29) is 29.0 Å². The molecule has 0 aliphatic carbocycles. The van der Waals surface area contributed by atoms with Gasteiger partial charge >= 0.3 is 12.4 Å². The van der Waals surface area contributed by atoms with E-state index in [1.54, 1.807) is 6.92 Å². The van der Waals surface area contributed by atoms with Crippen molar-refractivity contribution in [2.24, 2.45) is 0 Å². The SMILES string of the molecule is COc1cncc(-c2nc(Nc3ccnc(C(F)(F)F)c3)nc(-c3cccc(C(F)(F)F)n3)n2)c1C. The largest absolute Gasteiger partial charge is 0.495 e. The third-order valence-corrected chi connectivity index (χ3v) is 4.84. The van der Waals surface area contributed by atoms with Crippen LogP contribution in [0.2, 0.25) is 0 Å². The minimum Gasteiger partial charge on any atom is -0.495 e. The fourth-order valence-electron chi connectivity index (χ4n) is 3.11. The van der Waals surface area contributed by atoms with Crippen molar-refractivity contribution in [3.63, 3.8) is 0 Å². The Bertz CT molecular complexity index is 1410. The quantitative estimate of drug-likeness (QED) is 0.354. The Morgan fingerprint density at radius 2 is 1.56 bits per heavy atom. The van der Waals surface area contributed by atoms with Crippen LogP contribution in [0.3, 0.4) is 0 Å². The molecule has 4 aromatic heterocycles. The molecule has 0 radical (unpaired) electrons. The Morgan fingerprint density at radius 3 is 2.25 bits per heavy atom. The standard InChI is InChI=1S/C22H15F6N7O/c1-11-13(9-29-10-15(11)36-2)18-33-19(14-4-3-5-16(32-14)21(23,24)25)35-20(34-18)31-12-6-7-30-17(8-12)22(26,27)28/h3-10H,1-2H3,(H,30,31,33,34,35). The van der Waals surface area contributed by atoms with Crippen LogP contribution in [0.1, 0.15) is 17.0 Å². The third kappa shape index (κ3) is 5.31. The molecule has 0 fully saturated rings. The summed E-state index contributed by atoms with van der Waals surface area (Å²) in [7, 11) is 1.42. The van der Waals surface area contributed by atoms with E-state index < -0.39 is 23.7 Å². The predicted molar refractivity (Wildman–Crippen MR) is 115 cm³/mol. The maximum absolute atomic E-state index is 13.2. The van der Waals surface area contributed by atoms with Gasteiger partial charge in [-0.3, -0.25) is 9.97 Å². The number of halogens is 6. The molecule has 14 heteroatoms. The molecular weight excluding hydrogens is 492 g/mol. The highest BCUT2D eigenvalue weighted by atomic mass is 19.4. The van der Waals surface area contributed by atoms with Crippen LogP contribution in [0.5, 0.6) is 5.75 Å². The van der Waals surface area contributed by atoms with Gasteiger partial charge in [-0.25, -0.2) is 9.97 Å². The van der Waals surface area contributed by atoms with Gasteiger partial charge in [0.2, 0.25) is 5.95 Å². The van der Waals surface area contributed by atoms with E-state index in [2.05, 4.69) is 35.2 Å². The molecule has 0 atom stereocenters. The van der Waals surface area contributed by atoms with Crippen LogP contribution in [0, 0.1) is 6.92 Å². The zero-order chi connectivity index (χ0) is 26.1. The summed E-state index contributed by atoms with van der Waals surface area (Å²) in [4.78, 5) is 23.5. The Hall–Kier alpha value is -4.36. The summed E-state index contributed by atoms with van der Waals surface area (Å²) in [6, 6.07) is 5.18. The summed E-state index contributed by atoms with van der Waals surface area (Å²) < 4.78 is 84.1. The molecule has 4 aromatic rings. The fourth-order valence-corrected chi connectivity index (χ4v) is 3.11. The van der Waals surface area contributed by atoms with Crippen LogP contribution in [0.15, 0.2) is 48.9 Å². The normalized spacial score (nSPS) is 11.9. The average molecular weight is 507 g/mol. The molecule has 0 saturated heterocycles. The lowest BCUT2D eigenvalue weighted by molar-refractivity contribution is -0.141. The van der Waals surface area contributed by atoms with Crippen molar-refractivity contribution in [1.29, 1.82) is 0 Å². The van der Waals surface area contributed by atoms with Crippen molar-refractivity contribution < 1.29 is 31.1 Å². The van der Waals surface area contributed by atoms with Gasteiger partial charge in [-0.1, -0.05) is 6.07 Å². The number of anilines is 2. The molecule has 0 spiro atoms. The third-order valence-electron chi connectivity index (χ3n) is 4.84. The van der Waals surface area contributed by atoms with E-state index in [9.17, 15) is 26.3 Å². The predicted octanol–water partition coefficient (Wildman–Crippen LogP) is 5.49. The topological polar surface area (TPSA) is 98.6 Å². The van der Waals surface area contributed by atoms with Gasteiger partial charge in [-0.15, -0.1) is 0 Å². The highest BCUT2D eigenvalue weighted by Gasteiger charge is 2.33. The van der Waals surface area contributed by atoms with Crippen LogP contribution in [0.25, 0.3) is 22.9 Å². The molecule has 0 unspecified atom stereocenters. The molecule has 0 aliphatic rings. The van der Waals surface area contributed by atoms with Crippen LogP contribution >= 0.6 is 0 Å². The minimum absolute atomic E-state index is 0.0179. The molecule has 0 bridgehead atoms. The number of methoxy groups -OCH3 is 1. The lowest BCUT2D eigenvalue weighted by Gasteiger charge is -2.13. The monoisotopic (exact) mass is 507 g/mol. The van der Waals surface area contributed by atoms with Gasteiger partial charge in [0.05, 0.1) is 13.3 Å². The van der Waals surface area contributed by atoms with E-state index in [1.165, 1.54) is 31.6 Å². The Labute approximate surface area is 199 Å². The first-order valence-electron chi connectivity index (χ1n) is 10.1. The van der Waals surface area contributed by atoms with Crippen molar-refractivity contribution in [1.82, 2.24) is 29.9 Å². The van der Waals surface area contributed by atoms with Crippen LogP contribution in [0.4, 0.5) is 38.0 Å². The van der Waals surface area contributed by atoms with Gasteiger partial charge in [0, 0.05) is 29.2 Å². The van der Waals surface area contributed by atoms with Crippen molar-refractivity contribution in [3.05, 3.63) is 65.9 Å². The van der Waals surface area contributed by atoms with Crippen LogP contribution < -0.4 is 10.1 Å². The molecular formula is C22H15F6N7O. The van der Waals surface area contributed by atoms with E-state index in [0.29, 0.717) is 16.9 Å². The number of pyridine rings is 3. The van der Waals surface area contributed by atoms with Gasteiger partial charge in [-0.05, 0) is 31.2 Å². The molecule has 1 N–H and O–H groups in total. The number of aromatic nitrogens is 6. The molecule has 4 rings (SSSR count). The highest BCUT2D eigenvalue weighted by Crippen LogP contribution is 2.32. The summed E-state index contributed by atoms with van der Waals surface area (Å²) in [5.41, 5.74) is -1.68. The fraction of sp³-hybridized carbons (Fsp3) is 0.182. The molecule has 0 aromatic carbocycles. The van der Waals surface area contributed by atoms with Crippen molar-refractivity contribution in [3.8, 4) is 28.7 Å². The first-order valence-corrected chi connectivity index (χ1v) is 10.1. The number of nitrogens with zero attached hydrogens (tertiary/aromatic N) is 6. The highest BCUT2D eigenvalue weighted by molar-refractivity contribution is 5.67. The second-order valence-electron chi connectivity index (χ2n) is 7.28. The Balaban J connectivity index is 1.86. The average Bonchev–Trinajstić information content (AvgIpc) is 2.83. The van der Waals surface area contributed by atoms with Gasteiger partial charge in [0.15, 0.2) is 11.6 Å². The molecule has 8 nitrogen and oxygen atoms in total. The first-order chi connectivity index (χ1) is 17.0. The lowest BCUT2D eigenvalue weighted by Crippen LogP contribution is -2.10. The summed E-state index contributed by atoms with van der Waals surface area (Å²) in [6.07, 6.45) is -5.61. The second-order valence-corrected chi connectivity index (χ2v) is 7.28. The van der Waals surface area contributed by atoms with Crippen LogP contribution in [-0.4, -0.2) is 37.0 Å². The Kier molecular flexibility index (Phi) is 6.43. The maximum Gasteiger partial charge on any atom is 0.433 e. The van der Waals surface area contributed by atoms with Crippen molar-refractivity contribution in [2.45, 2.75) is 19.3 Å².